The molecule has 0 radical (unpaired) electrons. The van der Waals surface area contributed by atoms with E-state index in [0.29, 0.717) is 6.54 Å². The van der Waals surface area contributed by atoms with E-state index in [1.165, 1.54) is 12.1 Å². The predicted octanol–water partition coefficient (Wildman–Crippen LogP) is 2.29. The maximum absolute atomic E-state index is 12.9. The smallest absolute Gasteiger partial charge is 0.240 e. The minimum Gasteiger partial charge on any atom is -0.399 e. The molecule has 0 amide bonds. The van der Waals surface area contributed by atoms with Crippen LogP contribution in [0.15, 0.2) is 53.4 Å². The van der Waals surface area contributed by atoms with Crippen LogP contribution in [0.2, 0.25) is 0 Å². The molecule has 1 aliphatic rings. The molecule has 0 unspecified atom stereocenters. The Bertz CT molecular complexity index is 866. The first-order valence-electron chi connectivity index (χ1n) is 9.52. The average molecular weight is 407 g/mol. The van der Waals surface area contributed by atoms with E-state index in [0.717, 1.165) is 69.1 Å². The fourth-order valence-electron chi connectivity index (χ4n) is 3.32. The van der Waals surface area contributed by atoms with Crippen molar-refractivity contribution in [3.05, 3.63) is 54.3 Å². The summed E-state index contributed by atoms with van der Waals surface area (Å²) in [5.41, 5.74) is 7.80. The van der Waals surface area contributed by atoms with Crippen LogP contribution in [0.3, 0.4) is 0 Å². The first-order chi connectivity index (χ1) is 13.4. The van der Waals surface area contributed by atoms with Crippen molar-refractivity contribution in [3.63, 3.8) is 0 Å². The van der Waals surface area contributed by atoms with Gasteiger partial charge in [0.1, 0.15) is 5.82 Å². The zero-order valence-electron chi connectivity index (χ0n) is 15.9. The van der Waals surface area contributed by atoms with E-state index in [9.17, 15) is 12.8 Å². The summed E-state index contributed by atoms with van der Waals surface area (Å²) >= 11 is 0. The fourth-order valence-corrected chi connectivity index (χ4v) is 4.39. The van der Waals surface area contributed by atoms with Crippen LogP contribution >= 0.6 is 0 Å². The highest BCUT2D eigenvalue weighted by Gasteiger charge is 2.17. The van der Waals surface area contributed by atoms with Gasteiger partial charge in [0.05, 0.1) is 4.90 Å². The SMILES string of the molecule is Nc1cccc(N2CCN(CCCCNS(=O)(=O)c3ccc(F)cc3)CC2)c1. The van der Waals surface area contributed by atoms with Crippen molar-refractivity contribution in [2.24, 2.45) is 0 Å². The number of hydrogen-bond acceptors (Lipinski definition) is 5. The lowest BCUT2D eigenvalue weighted by Gasteiger charge is -2.36. The number of nitrogens with zero attached hydrogens (tertiary/aromatic N) is 2. The van der Waals surface area contributed by atoms with Gasteiger partial charge in [0.15, 0.2) is 0 Å². The molecule has 3 N–H and O–H groups in total. The molecule has 0 bridgehead atoms. The van der Waals surface area contributed by atoms with Gasteiger partial charge in [0.2, 0.25) is 10.0 Å². The molecule has 152 valence electrons. The highest BCUT2D eigenvalue weighted by Crippen LogP contribution is 2.19. The summed E-state index contributed by atoms with van der Waals surface area (Å²) in [4.78, 5) is 4.83. The van der Waals surface area contributed by atoms with Crippen molar-refractivity contribution in [3.8, 4) is 0 Å². The van der Waals surface area contributed by atoms with Crippen molar-refractivity contribution >= 4 is 21.4 Å². The second-order valence-corrected chi connectivity index (χ2v) is 8.75. The van der Waals surface area contributed by atoms with E-state index in [4.69, 9.17) is 5.73 Å². The fraction of sp³-hybridized carbons (Fsp3) is 0.400. The zero-order valence-corrected chi connectivity index (χ0v) is 16.7. The third kappa shape index (κ3) is 5.67. The second-order valence-electron chi connectivity index (χ2n) is 6.98. The Balaban J connectivity index is 1.34. The zero-order chi connectivity index (χ0) is 20.0. The van der Waals surface area contributed by atoms with Crippen LogP contribution < -0.4 is 15.4 Å². The van der Waals surface area contributed by atoms with Crippen LogP contribution in [0.5, 0.6) is 0 Å². The van der Waals surface area contributed by atoms with Crippen LogP contribution in [-0.2, 0) is 10.0 Å². The molecule has 1 aliphatic heterocycles. The predicted molar refractivity (Wildman–Crippen MR) is 110 cm³/mol. The standard InChI is InChI=1S/C20H27FN4O2S/c21-17-6-8-20(9-7-17)28(26,27)23-10-1-2-11-24-12-14-25(15-13-24)19-5-3-4-18(22)16-19/h3-9,16,23H,1-2,10-15,22H2. The van der Waals surface area contributed by atoms with Gasteiger partial charge < -0.3 is 10.6 Å². The molecule has 0 atom stereocenters. The van der Waals surface area contributed by atoms with E-state index in [2.05, 4.69) is 20.6 Å². The number of sulfonamides is 1. The molecule has 1 fully saturated rings. The number of halogens is 1. The highest BCUT2D eigenvalue weighted by molar-refractivity contribution is 7.89. The maximum Gasteiger partial charge on any atom is 0.240 e. The monoisotopic (exact) mass is 406 g/mol. The molecule has 0 saturated carbocycles. The first kappa shape index (κ1) is 20.6. The lowest BCUT2D eigenvalue weighted by molar-refractivity contribution is 0.253. The van der Waals surface area contributed by atoms with Crippen molar-refractivity contribution in [1.82, 2.24) is 9.62 Å². The summed E-state index contributed by atoms with van der Waals surface area (Å²) in [5, 5.41) is 0. The Kier molecular flexibility index (Phi) is 6.88. The number of nitrogens with one attached hydrogen (secondary N) is 1. The summed E-state index contributed by atoms with van der Waals surface area (Å²) in [6.45, 7) is 5.21. The van der Waals surface area contributed by atoms with Gasteiger partial charge >= 0.3 is 0 Å². The van der Waals surface area contributed by atoms with Gasteiger partial charge in [-0.2, -0.15) is 0 Å². The molecule has 3 rings (SSSR count). The van der Waals surface area contributed by atoms with Crippen LogP contribution in [0.4, 0.5) is 15.8 Å². The Labute approximate surface area is 166 Å². The van der Waals surface area contributed by atoms with Crippen molar-refractivity contribution < 1.29 is 12.8 Å². The Morgan fingerprint density at radius 3 is 2.39 bits per heavy atom. The molecule has 28 heavy (non-hydrogen) atoms. The molecule has 2 aromatic rings. The third-order valence-electron chi connectivity index (χ3n) is 4.92. The number of anilines is 2. The number of nitrogens with two attached hydrogens (primary N) is 1. The topological polar surface area (TPSA) is 78.7 Å². The number of rotatable bonds is 8. The first-order valence-corrected chi connectivity index (χ1v) is 11.0. The normalized spacial score (nSPS) is 15.7. The summed E-state index contributed by atoms with van der Waals surface area (Å²) < 4.78 is 39.8. The quantitative estimate of drug-likeness (QED) is 0.519. The van der Waals surface area contributed by atoms with Crippen LogP contribution in [-0.4, -0.2) is 52.6 Å². The van der Waals surface area contributed by atoms with Crippen LogP contribution in [0, 0.1) is 5.82 Å². The van der Waals surface area contributed by atoms with Crippen molar-refractivity contribution in [2.45, 2.75) is 17.7 Å². The lowest BCUT2D eigenvalue weighted by atomic mass is 10.2. The van der Waals surface area contributed by atoms with Gasteiger partial charge in [-0.3, -0.25) is 4.90 Å². The minimum atomic E-state index is -3.57. The summed E-state index contributed by atoms with van der Waals surface area (Å²) in [7, 11) is -3.57. The molecule has 8 heteroatoms. The molecular weight excluding hydrogens is 379 g/mol. The van der Waals surface area contributed by atoms with Gasteiger partial charge in [0, 0.05) is 44.1 Å². The molecular formula is C20H27FN4O2S. The Morgan fingerprint density at radius 1 is 1.00 bits per heavy atom. The number of hydrogen-bond donors (Lipinski definition) is 2. The van der Waals surface area contributed by atoms with Gasteiger partial charge in [-0.15, -0.1) is 0 Å². The number of nitrogen functional groups attached to an aromatic ring is 1. The summed E-state index contributed by atoms with van der Waals surface area (Å²) in [6, 6.07) is 12.8. The third-order valence-corrected chi connectivity index (χ3v) is 6.40. The lowest BCUT2D eigenvalue weighted by Crippen LogP contribution is -2.46. The molecule has 0 aromatic heterocycles. The summed E-state index contributed by atoms with van der Waals surface area (Å²) in [5.74, 6) is -0.449. The summed E-state index contributed by atoms with van der Waals surface area (Å²) in [6.07, 6.45) is 1.68. The minimum absolute atomic E-state index is 0.0894. The highest BCUT2D eigenvalue weighted by atomic mass is 32.2. The van der Waals surface area contributed by atoms with E-state index in [-0.39, 0.29) is 4.90 Å². The molecule has 2 aromatic carbocycles. The van der Waals surface area contributed by atoms with E-state index in [1.54, 1.807) is 0 Å². The largest absolute Gasteiger partial charge is 0.399 e. The molecule has 1 heterocycles. The molecule has 6 nitrogen and oxygen atoms in total. The Hall–Kier alpha value is -2.16. The van der Waals surface area contributed by atoms with Gasteiger partial charge in [-0.1, -0.05) is 6.07 Å². The van der Waals surface area contributed by atoms with E-state index >= 15 is 0 Å². The van der Waals surface area contributed by atoms with Crippen LogP contribution in [0.1, 0.15) is 12.8 Å². The van der Waals surface area contributed by atoms with Gasteiger partial charge in [-0.25, -0.2) is 17.5 Å². The van der Waals surface area contributed by atoms with E-state index < -0.39 is 15.8 Å². The molecule has 0 spiro atoms. The van der Waals surface area contributed by atoms with Crippen molar-refractivity contribution in [2.75, 3.05) is 49.9 Å². The number of unbranched alkanes of at least 4 members (excludes halogenated alkanes) is 1. The molecule has 1 saturated heterocycles. The van der Waals surface area contributed by atoms with Gasteiger partial charge in [-0.05, 0) is 61.9 Å². The number of piperazine rings is 1. The second kappa shape index (κ2) is 9.36. The maximum atomic E-state index is 12.9. The van der Waals surface area contributed by atoms with Crippen molar-refractivity contribution in [1.29, 1.82) is 0 Å². The number of benzene rings is 2. The molecule has 0 aliphatic carbocycles. The van der Waals surface area contributed by atoms with E-state index in [1.807, 2.05) is 18.2 Å². The van der Waals surface area contributed by atoms with Crippen LogP contribution in [0.25, 0.3) is 0 Å². The van der Waals surface area contributed by atoms with Gasteiger partial charge in [0.25, 0.3) is 0 Å². The Morgan fingerprint density at radius 2 is 1.71 bits per heavy atom. The average Bonchev–Trinajstić information content (AvgIpc) is 2.68.